The third-order valence-electron chi connectivity index (χ3n) is 0. The average molecular weight is 204 g/mol. The van der Waals surface area contributed by atoms with Gasteiger partial charge in [0.25, 0.3) is 0 Å². The van der Waals surface area contributed by atoms with Crippen molar-refractivity contribution in [2.45, 2.75) is 0 Å². The molecule has 0 spiro atoms. The van der Waals surface area contributed by atoms with Crippen molar-refractivity contribution in [3.8, 4) is 0 Å². The molecule has 0 bridgehead atoms. The van der Waals surface area contributed by atoms with E-state index in [1.54, 1.807) is 0 Å². The second-order valence-electron chi connectivity index (χ2n) is 0.408. The summed E-state index contributed by atoms with van der Waals surface area (Å²) in [6, 6.07) is 0. The molecule has 0 amide bonds. The molecule has 0 heterocycles. The number of hydrogen-bond donors (Lipinski definition) is 3. The zero-order valence-electron chi connectivity index (χ0n) is 4.29. The topological polar surface area (TPSA) is 157 Å². The van der Waals surface area contributed by atoms with Crippen LogP contribution in [-0.2, 0) is 27.5 Å². The van der Waals surface area contributed by atoms with Gasteiger partial charge in [-0.05, 0) is 0 Å². The van der Waals surface area contributed by atoms with Crippen molar-refractivity contribution in [2.75, 3.05) is 0 Å². The molecule has 9 heavy (non-hydrogen) atoms. The van der Waals surface area contributed by atoms with E-state index in [2.05, 4.69) is 0 Å². The van der Waals surface area contributed by atoms with Crippen LogP contribution in [0.3, 0.4) is 0 Å². The summed E-state index contributed by atoms with van der Waals surface area (Å²) in [7, 11) is -5.17. The molecule has 9 heteroatoms. The normalized spacial score (nSPS) is 7.11. The minimum atomic E-state index is -5.17. The Morgan fingerprint density at radius 3 is 1.11 bits per heavy atom. The van der Waals surface area contributed by atoms with Gasteiger partial charge in [-0.15, -0.1) is 0 Å². The van der Waals surface area contributed by atoms with Crippen LogP contribution in [-0.4, -0.2) is 28.0 Å². The second kappa shape index (κ2) is 11.1. The van der Waals surface area contributed by atoms with E-state index in [4.69, 9.17) is 28.0 Å². The largest absolute Gasteiger partial charge is 1.00 e. The molecule has 0 aliphatic heterocycles. The van der Waals surface area contributed by atoms with Gasteiger partial charge in [0.15, 0.2) is 0 Å². The van der Waals surface area contributed by atoms with Crippen molar-refractivity contribution in [1.29, 1.82) is 0 Å². The molecule has 6 N–H and O–H groups in total. The van der Waals surface area contributed by atoms with E-state index >= 15 is 0 Å². The van der Waals surface area contributed by atoms with E-state index in [1.807, 2.05) is 0 Å². The standard InChI is InChI=1S/Fe.H3N.H2O4S.H2O2/c;;1-5(2,3)4;1-2/h;1H3;(H2,1,2,3,4);1-2H/q+1;;;/p-1. The van der Waals surface area contributed by atoms with E-state index < -0.39 is 10.4 Å². The van der Waals surface area contributed by atoms with Crippen LogP contribution >= 0.6 is 0 Å². The summed E-state index contributed by atoms with van der Waals surface area (Å²) in [5.74, 6) is 0. The van der Waals surface area contributed by atoms with E-state index in [0.29, 0.717) is 0 Å². The molecule has 7 nitrogen and oxygen atoms in total. The number of rotatable bonds is 0. The van der Waals surface area contributed by atoms with Crippen molar-refractivity contribution in [3.63, 3.8) is 0 Å². The fourth-order valence-corrected chi connectivity index (χ4v) is 0. The first-order chi connectivity index (χ1) is 3.00. The molecule has 61 valence electrons. The SMILES string of the molecule is O=S(=O)([O-])[O-].OO.[Fe+].[NH4+]. The molecule has 0 rings (SSSR count). The van der Waals surface area contributed by atoms with Crippen LogP contribution in [0.5, 0.6) is 0 Å². The molecule has 0 unspecified atom stereocenters. The van der Waals surface area contributed by atoms with Crippen LogP contribution in [0.25, 0.3) is 0 Å². The summed E-state index contributed by atoms with van der Waals surface area (Å²) in [5, 5.41) is 12.0. The molecule has 0 aromatic heterocycles. The van der Waals surface area contributed by atoms with Crippen molar-refractivity contribution >= 4 is 10.4 Å². The molecule has 0 aromatic rings. The van der Waals surface area contributed by atoms with Gasteiger partial charge in [-0.25, -0.2) is 0 Å². The monoisotopic (exact) mass is 204 g/mol. The third kappa shape index (κ3) is 4480. The Labute approximate surface area is 62.3 Å². The average Bonchev–Trinajstić information content (AvgIpc) is 1.36. The Kier molecular flexibility index (Phi) is 28.2. The molecular weight excluding hydrogens is 198 g/mol. The maximum Gasteiger partial charge on any atom is 1.00 e. The smallest absolute Gasteiger partial charge is 0.759 e. The number of quaternary nitrogens is 1. The van der Waals surface area contributed by atoms with Gasteiger partial charge in [-0.3, -0.25) is 18.9 Å². The Morgan fingerprint density at radius 2 is 1.11 bits per heavy atom. The minimum Gasteiger partial charge on any atom is -0.759 e. The van der Waals surface area contributed by atoms with Gasteiger partial charge in [0.2, 0.25) is 0 Å². The van der Waals surface area contributed by atoms with Crippen LogP contribution in [0, 0.1) is 0 Å². The van der Waals surface area contributed by atoms with E-state index in [9.17, 15) is 0 Å². The van der Waals surface area contributed by atoms with Gasteiger partial charge in [-0.2, -0.15) is 0 Å². The van der Waals surface area contributed by atoms with Gasteiger partial charge >= 0.3 is 17.1 Å². The Balaban J connectivity index is -0.0000000286. The predicted octanol–water partition coefficient (Wildman–Crippen LogP) is -0.947. The van der Waals surface area contributed by atoms with Crippen molar-refractivity contribution in [1.82, 2.24) is 6.15 Å². The summed E-state index contributed by atoms with van der Waals surface area (Å²) < 4.78 is 34.1. The zero-order valence-corrected chi connectivity index (χ0v) is 6.21. The molecule has 0 fully saturated rings. The van der Waals surface area contributed by atoms with E-state index in [-0.39, 0.29) is 23.2 Å². The molecule has 0 aliphatic rings. The van der Waals surface area contributed by atoms with Crippen molar-refractivity contribution < 1.29 is 45.1 Å². The quantitative estimate of drug-likeness (QED) is 0.152. The third-order valence-corrected chi connectivity index (χ3v) is 0. The fourth-order valence-electron chi connectivity index (χ4n) is 0. The van der Waals surface area contributed by atoms with E-state index in [1.165, 1.54) is 0 Å². The van der Waals surface area contributed by atoms with Crippen LogP contribution in [0.2, 0.25) is 0 Å². The first-order valence-electron chi connectivity index (χ1n) is 0.867. The Bertz CT molecular complexity index is 96.2. The Morgan fingerprint density at radius 1 is 1.11 bits per heavy atom. The van der Waals surface area contributed by atoms with Crippen LogP contribution in [0.4, 0.5) is 0 Å². The van der Waals surface area contributed by atoms with Crippen molar-refractivity contribution in [2.24, 2.45) is 0 Å². The van der Waals surface area contributed by atoms with Crippen molar-refractivity contribution in [3.05, 3.63) is 0 Å². The van der Waals surface area contributed by atoms with Crippen LogP contribution in [0.15, 0.2) is 0 Å². The van der Waals surface area contributed by atoms with Gasteiger partial charge in [-0.1, -0.05) is 0 Å². The molecule has 0 saturated carbocycles. The van der Waals surface area contributed by atoms with Crippen LogP contribution < -0.4 is 6.15 Å². The first-order valence-corrected chi connectivity index (χ1v) is 2.20. The molecule has 0 atom stereocenters. The summed E-state index contributed by atoms with van der Waals surface area (Å²) in [6.45, 7) is 0. The Hall–Kier alpha value is 0.269. The first kappa shape index (κ1) is 22.8. The summed E-state index contributed by atoms with van der Waals surface area (Å²) in [6.07, 6.45) is 0. The van der Waals surface area contributed by atoms with E-state index in [0.717, 1.165) is 0 Å². The molecule has 0 aliphatic carbocycles. The summed E-state index contributed by atoms with van der Waals surface area (Å²) in [4.78, 5) is 0. The zero-order chi connectivity index (χ0) is 6.50. The summed E-state index contributed by atoms with van der Waals surface area (Å²) in [5.41, 5.74) is 0. The maximum atomic E-state index is 8.52. The maximum absolute atomic E-state index is 8.52. The fraction of sp³-hybridized carbons (Fsp3) is 0. The predicted molar refractivity (Wildman–Crippen MR) is 21.7 cm³/mol. The summed E-state index contributed by atoms with van der Waals surface area (Å²) >= 11 is 0. The van der Waals surface area contributed by atoms with Crippen LogP contribution in [0.1, 0.15) is 0 Å². The van der Waals surface area contributed by atoms with Gasteiger partial charge in [0.1, 0.15) is 0 Å². The minimum absolute atomic E-state index is 0. The van der Waals surface area contributed by atoms with Gasteiger partial charge < -0.3 is 15.3 Å². The molecule has 1 radical (unpaired) electrons. The molecule has 0 aromatic carbocycles. The molecular formula is H6FeNO6S. The van der Waals surface area contributed by atoms with Gasteiger partial charge in [0, 0.05) is 10.4 Å². The molecule has 0 saturated heterocycles. The van der Waals surface area contributed by atoms with Gasteiger partial charge in [0.05, 0.1) is 0 Å². The second-order valence-corrected chi connectivity index (χ2v) is 1.22. The number of hydrogen-bond acceptors (Lipinski definition) is 6.